The van der Waals surface area contributed by atoms with Gasteiger partial charge in [0.15, 0.2) is 0 Å². The van der Waals surface area contributed by atoms with Crippen LogP contribution in [0.4, 0.5) is 0 Å². The number of fused-ring (bicyclic) bond motifs is 2. The maximum atomic E-state index is 11.8. The Hall–Kier alpha value is -0.790. The zero-order chi connectivity index (χ0) is 11.9. The highest BCUT2D eigenvalue weighted by Gasteiger charge is 2.45. The first-order chi connectivity index (χ1) is 7.54. The van der Waals surface area contributed by atoms with Gasteiger partial charge in [-0.15, -0.1) is 0 Å². The number of rotatable bonds is 2. The summed E-state index contributed by atoms with van der Waals surface area (Å²) in [6.07, 6.45) is 4.60. The van der Waals surface area contributed by atoms with E-state index in [1.54, 1.807) is 0 Å². The number of ether oxygens (including phenoxy) is 1. The predicted molar refractivity (Wildman–Crippen MR) is 63.8 cm³/mol. The molecule has 3 aliphatic rings. The molecule has 1 saturated carbocycles. The van der Waals surface area contributed by atoms with Gasteiger partial charge in [-0.3, -0.25) is 4.79 Å². The third kappa shape index (κ3) is 1.79. The van der Waals surface area contributed by atoms with Gasteiger partial charge in [-0.05, 0) is 43.4 Å². The van der Waals surface area contributed by atoms with Gasteiger partial charge < -0.3 is 4.74 Å². The molecule has 3 aliphatic carbocycles. The Bertz CT molecular complexity index is 317. The molecule has 90 valence electrons. The summed E-state index contributed by atoms with van der Waals surface area (Å²) in [5.41, 5.74) is 1.49. The van der Waals surface area contributed by atoms with E-state index in [4.69, 9.17) is 4.74 Å². The highest BCUT2D eigenvalue weighted by molar-refractivity contribution is 5.73. The maximum Gasteiger partial charge on any atom is 0.309 e. The monoisotopic (exact) mass is 222 g/mol. The first-order valence-corrected chi connectivity index (χ1v) is 6.30. The molecular formula is C14H22O2. The topological polar surface area (TPSA) is 26.3 Å². The van der Waals surface area contributed by atoms with E-state index in [0.29, 0.717) is 23.7 Å². The molecule has 0 spiro atoms. The van der Waals surface area contributed by atoms with Gasteiger partial charge >= 0.3 is 5.97 Å². The number of hydrogen-bond donors (Lipinski definition) is 0. The van der Waals surface area contributed by atoms with Crippen molar-refractivity contribution in [3.8, 4) is 0 Å². The Morgan fingerprint density at radius 3 is 2.62 bits per heavy atom. The SMILES string of the molecule is COC(=O)C1CC2CC(C(C)C)C1C=C2C. The molecule has 16 heavy (non-hydrogen) atoms. The zero-order valence-electron chi connectivity index (χ0n) is 10.7. The number of carbonyl (C=O) groups excluding carboxylic acids is 1. The van der Waals surface area contributed by atoms with Gasteiger partial charge in [0.1, 0.15) is 0 Å². The molecule has 0 heterocycles. The second-order valence-corrected chi connectivity index (χ2v) is 5.69. The fraction of sp³-hybridized carbons (Fsp3) is 0.786. The van der Waals surface area contributed by atoms with Crippen LogP contribution in [0.15, 0.2) is 11.6 Å². The lowest BCUT2D eigenvalue weighted by Gasteiger charge is -2.46. The Morgan fingerprint density at radius 2 is 2.12 bits per heavy atom. The van der Waals surface area contributed by atoms with Gasteiger partial charge in [-0.2, -0.15) is 0 Å². The molecular weight excluding hydrogens is 200 g/mol. The number of hydrogen-bond acceptors (Lipinski definition) is 2. The van der Waals surface area contributed by atoms with Gasteiger partial charge in [-0.25, -0.2) is 0 Å². The van der Waals surface area contributed by atoms with Gasteiger partial charge in [0.25, 0.3) is 0 Å². The van der Waals surface area contributed by atoms with E-state index in [2.05, 4.69) is 26.8 Å². The molecule has 0 radical (unpaired) electrons. The van der Waals surface area contributed by atoms with Crippen molar-refractivity contribution in [1.29, 1.82) is 0 Å². The van der Waals surface area contributed by atoms with Crippen LogP contribution in [0, 0.1) is 29.6 Å². The second-order valence-electron chi connectivity index (χ2n) is 5.69. The molecule has 2 nitrogen and oxygen atoms in total. The van der Waals surface area contributed by atoms with Crippen LogP contribution < -0.4 is 0 Å². The third-order valence-electron chi connectivity index (χ3n) is 4.51. The highest BCUT2D eigenvalue weighted by Crippen LogP contribution is 2.50. The summed E-state index contributed by atoms with van der Waals surface area (Å²) in [5.74, 6) is 2.44. The summed E-state index contributed by atoms with van der Waals surface area (Å²) in [4.78, 5) is 11.8. The minimum Gasteiger partial charge on any atom is -0.469 e. The molecule has 0 saturated heterocycles. The molecule has 0 aromatic rings. The van der Waals surface area contributed by atoms with Crippen molar-refractivity contribution in [3.63, 3.8) is 0 Å². The van der Waals surface area contributed by atoms with E-state index in [1.807, 2.05) is 0 Å². The maximum absolute atomic E-state index is 11.8. The van der Waals surface area contributed by atoms with Crippen molar-refractivity contribution >= 4 is 5.97 Å². The van der Waals surface area contributed by atoms with E-state index < -0.39 is 0 Å². The van der Waals surface area contributed by atoms with Crippen molar-refractivity contribution in [2.45, 2.75) is 33.6 Å². The molecule has 1 fully saturated rings. The van der Waals surface area contributed by atoms with Crippen molar-refractivity contribution in [1.82, 2.24) is 0 Å². The standard InChI is InChI=1S/C14H22O2/c1-8(2)11-6-10-7-13(14(15)16-4)12(11)5-9(10)3/h5,8,10-13H,6-7H2,1-4H3. The summed E-state index contributed by atoms with van der Waals surface area (Å²) in [7, 11) is 1.51. The highest BCUT2D eigenvalue weighted by atomic mass is 16.5. The van der Waals surface area contributed by atoms with Crippen LogP contribution >= 0.6 is 0 Å². The van der Waals surface area contributed by atoms with Crippen LogP contribution in [-0.2, 0) is 9.53 Å². The summed E-state index contributed by atoms with van der Waals surface area (Å²) in [6.45, 7) is 6.74. The molecule has 4 atom stereocenters. The molecule has 0 N–H and O–H groups in total. The second kappa shape index (κ2) is 4.23. The van der Waals surface area contributed by atoms with Crippen LogP contribution in [0.3, 0.4) is 0 Å². The van der Waals surface area contributed by atoms with Crippen LogP contribution in [0.5, 0.6) is 0 Å². The van der Waals surface area contributed by atoms with Gasteiger partial charge in [0.2, 0.25) is 0 Å². The van der Waals surface area contributed by atoms with Crippen LogP contribution in [0.1, 0.15) is 33.6 Å². The lowest BCUT2D eigenvalue weighted by atomic mass is 9.58. The lowest BCUT2D eigenvalue weighted by Crippen LogP contribution is -2.42. The van der Waals surface area contributed by atoms with Crippen molar-refractivity contribution in [3.05, 3.63) is 11.6 Å². The van der Waals surface area contributed by atoms with Crippen molar-refractivity contribution in [2.24, 2.45) is 29.6 Å². The molecule has 4 unspecified atom stereocenters. The molecule has 0 amide bonds. The van der Waals surface area contributed by atoms with Gasteiger partial charge in [0.05, 0.1) is 13.0 Å². The van der Waals surface area contributed by atoms with E-state index in [1.165, 1.54) is 19.1 Å². The van der Waals surface area contributed by atoms with Crippen LogP contribution in [0.2, 0.25) is 0 Å². The average molecular weight is 222 g/mol. The summed E-state index contributed by atoms with van der Waals surface area (Å²) < 4.78 is 4.94. The normalized spacial score (nSPS) is 37.4. The van der Waals surface area contributed by atoms with Crippen molar-refractivity contribution < 1.29 is 9.53 Å². The number of allylic oxidation sites excluding steroid dienone is 2. The Balaban J connectivity index is 2.25. The summed E-state index contributed by atoms with van der Waals surface area (Å²) >= 11 is 0. The van der Waals surface area contributed by atoms with Crippen LogP contribution in [0.25, 0.3) is 0 Å². The van der Waals surface area contributed by atoms with E-state index in [-0.39, 0.29) is 11.9 Å². The fourth-order valence-corrected chi connectivity index (χ4v) is 3.52. The minimum atomic E-state index is -0.0101. The minimum absolute atomic E-state index is 0.0101. The molecule has 3 rings (SSSR count). The number of methoxy groups -OCH3 is 1. The zero-order valence-corrected chi connectivity index (χ0v) is 10.7. The largest absolute Gasteiger partial charge is 0.469 e. The molecule has 0 aromatic heterocycles. The van der Waals surface area contributed by atoms with E-state index >= 15 is 0 Å². The van der Waals surface area contributed by atoms with Gasteiger partial charge in [-0.1, -0.05) is 25.5 Å². The molecule has 2 heteroatoms. The predicted octanol–water partition coefficient (Wildman–Crippen LogP) is 3.03. The Labute approximate surface area is 98.1 Å². The third-order valence-corrected chi connectivity index (χ3v) is 4.51. The Morgan fingerprint density at radius 1 is 1.44 bits per heavy atom. The molecule has 2 bridgehead atoms. The van der Waals surface area contributed by atoms with Crippen molar-refractivity contribution in [2.75, 3.05) is 7.11 Å². The smallest absolute Gasteiger partial charge is 0.309 e. The lowest BCUT2D eigenvalue weighted by molar-refractivity contribution is -0.150. The fourth-order valence-electron chi connectivity index (χ4n) is 3.52. The average Bonchev–Trinajstić information content (AvgIpc) is 2.27. The first kappa shape index (κ1) is 11.7. The number of carbonyl (C=O) groups is 1. The quantitative estimate of drug-likeness (QED) is 0.530. The summed E-state index contributed by atoms with van der Waals surface area (Å²) in [5, 5.41) is 0. The molecule has 0 aromatic carbocycles. The molecule has 0 aliphatic heterocycles. The Kier molecular flexibility index (Phi) is 3.09. The summed E-state index contributed by atoms with van der Waals surface area (Å²) in [6, 6.07) is 0. The van der Waals surface area contributed by atoms with Crippen LogP contribution in [-0.4, -0.2) is 13.1 Å². The van der Waals surface area contributed by atoms with E-state index in [0.717, 1.165) is 6.42 Å². The van der Waals surface area contributed by atoms with E-state index in [9.17, 15) is 4.79 Å². The number of esters is 1. The van der Waals surface area contributed by atoms with Gasteiger partial charge in [0, 0.05) is 0 Å². The first-order valence-electron chi connectivity index (χ1n) is 6.30.